The second-order valence-corrected chi connectivity index (χ2v) is 5.24. The molecular formula is C12H22O2. The van der Waals surface area contributed by atoms with E-state index in [0.717, 1.165) is 38.5 Å². The molecule has 82 valence electrons. The predicted octanol–water partition coefficient (Wildman–Crippen LogP) is 2.23. The second kappa shape index (κ2) is 3.82. The zero-order valence-electron chi connectivity index (χ0n) is 8.97. The van der Waals surface area contributed by atoms with Gasteiger partial charge < -0.3 is 10.2 Å². The first-order valence-electron chi connectivity index (χ1n) is 6.06. The van der Waals surface area contributed by atoms with Crippen LogP contribution in [0.25, 0.3) is 0 Å². The van der Waals surface area contributed by atoms with Gasteiger partial charge in [0.05, 0.1) is 12.2 Å². The Labute approximate surface area is 86.3 Å². The normalized spacial score (nSPS) is 30.4. The smallest absolute Gasteiger partial charge is 0.0725 e. The van der Waals surface area contributed by atoms with Crippen molar-refractivity contribution in [3.05, 3.63) is 0 Å². The highest BCUT2D eigenvalue weighted by atomic mass is 16.3. The lowest BCUT2D eigenvalue weighted by molar-refractivity contribution is -0.123. The molecule has 0 unspecified atom stereocenters. The fourth-order valence-corrected chi connectivity index (χ4v) is 3.49. The molecule has 0 aromatic heterocycles. The van der Waals surface area contributed by atoms with Gasteiger partial charge in [-0.2, -0.15) is 0 Å². The third-order valence-corrected chi connectivity index (χ3v) is 4.53. The Hall–Kier alpha value is -0.0800. The summed E-state index contributed by atoms with van der Waals surface area (Å²) in [5.74, 6) is 0. The summed E-state index contributed by atoms with van der Waals surface area (Å²) in [5.41, 5.74) is -0.691. The molecule has 2 aliphatic carbocycles. The van der Waals surface area contributed by atoms with Crippen LogP contribution in [-0.4, -0.2) is 22.4 Å². The van der Waals surface area contributed by atoms with Crippen LogP contribution in [0.1, 0.15) is 57.8 Å². The molecule has 0 spiro atoms. The summed E-state index contributed by atoms with van der Waals surface area (Å²) < 4.78 is 0. The molecule has 2 nitrogen and oxygen atoms in total. The van der Waals surface area contributed by atoms with Gasteiger partial charge in [0.1, 0.15) is 0 Å². The molecule has 0 radical (unpaired) electrons. The largest absolute Gasteiger partial charge is 0.396 e. The summed E-state index contributed by atoms with van der Waals surface area (Å²) in [6.07, 6.45) is 9.79. The van der Waals surface area contributed by atoms with Gasteiger partial charge in [-0.3, -0.25) is 0 Å². The van der Waals surface area contributed by atoms with E-state index in [9.17, 15) is 10.2 Å². The Morgan fingerprint density at radius 1 is 0.786 bits per heavy atom. The molecule has 0 amide bonds. The average Bonchev–Trinajstić information content (AvgIpc) is 2.68. The lowest BCUT2D eigenvalue weighted by Gasteiger charge is -2.47. The van der Waals surface area contributed by atoms with Crippen LogP contribution in [0.3, 0.4) is 0 Å². The summed E-state index contributed by atoms with van der Waals surface area (Å²) >= 11 is 0. The van der Waals surface area contributed by atoms with Gasteiger partial charge in [0.25, 0.3) is 0 Å². The maximum Gasteiger partial charge on any atom is 0.0725 e. The first-order chi connectivity index (χ1) is 6.72. The molecule has 0 bridgehead atoms. The molecule has 2 heteroatoms. The van der Waals surface area contributed by atoms with Crippen LogP contribution in [0.2, 0.25) is 0 Å². The minimum Gasteiger partial charge on any atom is -0.396 e. The minimum absolute atomic E-state index is 0.151. The minimum atomic E-state index is -0.540. The van der Waals surface area contributed by atoms with E-state index in [-0.39, 0.29) is 12.0 Å². The molecule has 0 atom stereocenters. The van der Waals surface area contributed by atoms with E-state index in [1.165, 1.54) is 19.3 Å². The zero-order valence-corrected chi connectivity index (χ0v) is 8.97. The maximum absolute atomic E-state index is 10.6. The molecule has 0 aromatic rings. The van der Waals surface area contributed by atoms with Crippen molar-refractivity contribution in [1.82, 2.24) is 0 Å². The molecule has 0 saturated heterocycles. The molecule has 0 heterocycles. The quantitative estimate of drug-likeness (QED) is 0.714. The Morgan fingerprint density at radius 2 is 1.29 bits per heavy atom. The third kappa shape index (κ3) is 1.49. The van der Waals surface area contributed by atoms with Crippen molar-refractivity contribution < 1.29 is 10.2 Å². The van der Waals surface area contributed by atoms with Gasteiger partial charge in [-0.1, -0.05) is 32.1 Å². The van der Waals surface area contributed by atoms with Crippen LogP contribution >= 0.6 is 0 Å². The Morgan fingerprint density at radius 3 is 1.79 bits per heavy atom. The van der Waals surface area contributed by atoms with E-state index in [4.69, 9.17) is 0 Å². The molecule has 2 fully saturated rings. The Bertz CT molecular complexity index is 188. The first-order valence-corrected chi connectivity index (χ1v) is 6.06. The lowest BCUT2D eigenvalue weighted by atomic mass is 9.63. The standard InChI is InChI=1S/C12H22O2/c13-10-11(6-2-1-3-7-11)12(14)8-4-5-9-12/h13-14H,1-10H2. The summed E-state index contributed by atoms with van der Waals surface area (Å²) in [4.78, 5) is 0. The van der Waals surface area contributed by atoms with E-state index in [1.807, 2.05) is 0 Å². The van der Waals surface area contributed by atoms with Crippen molar-refractivity contribution in [2.75, 3.05) is 6.61 Å². The van der Waals surface area contributed by atoms with E-state index in [2.05, 4.69) is 0 Å². The zero-order chi connectivity index (χ0) is 10.1. The lowest BCUT2D eigenvalue weighted by Crippen LogP contribution is -2.50. The van der Waals surface area contributed by atoms with Gasteiger partial charge >= 0.3 is 0 Å². The van der Waals surface area contributed by atoms with Crippen molar-refractivity contribution >= 4 is 0 Å². The maximum atomic E-state index is 10.6. The highest BCUT2D eigenvalue weighted by Gasteiger charge is 2.51. The summed E-state index contributed by atoms with van der Waals surface area (Å²) in [6, 6.07) is 0. The monoisotopic (exact) mass is 198 g/mol. The highest BCUT2D eigenvalue weighted by Crippen LogP contribution is 2.51. The van der Waals surface area contributed by atoms with Crippen molar-refractivity contribution in [2.45, 2.75) is 63.4 Å². The second-order valence-electron chi connectivity index (χ2n) is 5.24. The van der Waals surface area contributed by atoms with E-state index in [0.29, 0.717) is 0 Å². The van der Waals surface area contributed by atoms with E-state index >= 15 is 0 Å². The third-order valence-electron chi connectivity index (χ3n) is 4.53. The van der Waals surface area contributed by atoms with Gasteiger partial charge in [0.15, 0.2) is 0 Å². The average molecular weight is 198 g/mol. The SMILES string of the molecule is OCC1(C2(O)CCCC2)CCCCC1. The van der Waals surface area contributed by atoms with Crippen LogP contribution < -0.4 is 0 Å². The van der Waals surface area contributed by atoms with Crippen LogP contribution in [0, 0.1) is 5.41 Å². The Kier molecular flexibility index (Phi) is 2.85. The number of hydrogen-bond donors (Lipinski definition) is 2. The van der Waals surface area contributed by atoms with Crippen LogP contribution in [0.15, 0.2) is 0 Å². The van der Waals surface area contributed by atoms with Gasteiger partial charge in [-0.25, -0.2) is 0 Å². The van der Waals surface area contributed by atoms with Gasteiger partial charge in [0.2, 0.25) is 0 Å². The fourth-order valence-electron chi connectivity index (χ4n) is 3.49. The fraction of sp³-hybridized carbons (Fsp3) is 1.00. The van der Waals surface area contributed by atoms with Crippen molar-refractivity contribution in [2.24, 2.45) is 5.41 Å². The molecule has 2 N–H and O–H groups in total. The molecule has 0 aromatic carbocycles. The number of rotatable bonds is 2. The van der Waals surface area contributed by atoms with E-state index < -0.39 is 5.60 Å². The Balaban J connectivity index is 2.16. The topological polar surface area (TPSA) is 40.5 Å². The molecule has 2 saturated carbocycles. The van der Waals surface area contributed by atoms with Gasteiger partial charge in [-0.05, 0) is 25.7 Å². The van der Waals surface area contributed by atoms with Crippen molar-refractivity contribution in [3.63, 3.8) is 0 Å². The van der Waals surface area contributed by atoms with Crippen LogP contribution in [0.4, 0.5) is 0 Å². The summed E-state index contributed by atoms with van der Waals surface area (Å²) in [6.45, 7) is 0.184. The molecule has 0 aliphatic heterocycles. The summed E-state index contributed by atoms with van der Waals surface area (Å²) in [5, 5.41) is 20.2. The van der Waals surface area contributed by atoms with Crippen LogP contribution in [0.5, 0.6) is 0 Å². The summed E-state index contributed by atoms with van der Waals surface area (Å²) in [7, 11) is 0. The van der Waals surface area contributed by atoms with Crippen molar-refractivity contribution in [1.29, 1.82) is 0 Å². The van der Waals surface area contributed by atoms with Gasteiger partial charge in [-0.15, -0.1) is 0 Å². The number of hydrogen-bond acceptors (Lipinski definition) is 2. The van der Waals surface area contributed by atoms with Gasteiger partial charge in [0, 0.05) is 5.41 Å². The first kappa shape index (κ1) is 10.4. The van der Waals surface area contributed by atoms with E-state index in [1.54, 1.807) is 0 Å². The molecule has 2 aliphatic rings. The molecule has 2 rings (SSSR count). The highest BCUT2D eigenvalue weighted by molar-refractivity contribution is 5.02. The molecule has 14 heavy (non-hydrogen) atoms. The predicted molar refractivity (Wildman–Crippen MR) is 56.0 cm³/mol. The number of aliphatic hydroxyl groups excluding tert-OH is 1. The van der Waals surface area contributed by atoms with Crippen molar-refractivity contribution in [3.8, 4) is 0 Å². The van der Waals surface area contributed by atoms with Crippen LogP contribution in [-0.2, 0) is 0 Å². The number of aliphatic hydroxyl groups is 2. The molecular weight excluding hydrogens is 176 g/mol.